The summed E-state index contributed by atoms with van der Waals surface area (Å²) in [4.78, 5) is 27.8. The van der Waals surface area contributed by atoms with E-state index in [9.17, 15) is 14.7 Å². The van der Waals surface area contributed by atoms with Gasteiger partial charge >= 0.3 is 12.0 Å². The number of fused-ring (bicyclic) bond motifs is 1. The summed E-state index contributed by atoms with van der Waals surface area (Å²) >= 11 is 1.59. The van der Waals surface area contributed by atoms with E-state index in [0.717, 1.165) is 38.2 Å². The summed E-state index contributed by atoms with van der Waals surface area (Å²) < 4.78 is 0. The third-order valence-electron chi connectivity index (χ3n) is 4.30. The van der Waals surface area contributed by atoms with E-state index in [0.29, 0.717) is 19.0 Å². The van der Waals surface area contributed by atoms with Crippen molar-refractivity contribution in [3.63, 3.8) is 0 Å². The predicted molar refractivity (Wildman–Crippen MR) is 83.7 cm³/mol. The molecule has 0 aromatic rings. The molecule has 0 aromatic heterocycles. The lowest BCUT2D eigenvalue weighted by Gasteiger charge is -2.27. The van der Waals surface area contributed by atoms with E-state index in [1.54, 1.807) is 16.7 Å². The highest BCUT2D eigenvalue weighted by Gasteiger charge is 2.31. The molecule has 2 amide bonds. The maximum atomic E-state index is 12.3. The van der Waals surface area contributed by atoms with Crippen LogP contribution in [-0.4, -0.2) is 77.2 Å². The van der Waals surface area contributed by atoms with Crippen molar-refractivity contribution in [2.24, 2.45) is 0 Å². The van der Waals surface area contributed by atoms with E-state index in [4.69, 9.17) is 0 Å². The van der Waals surface area contributed by atoms with Gasteiger partial charge in [-0.3, -0.25) is 4.90 Å². The van der Waals surface area contributed by atoms with Gasteiger partial charge in [-0.05, 0) is 44.2 Å². The second-order valence-electron chi connectivity index (χ2n) is 5.75. The van der Waals surface area contributed by atoms with Crippen LogP contribution in [0.15, 0.2) is 0 Å². The van der Waals surface area contributed by atoms with Gasteiger partial charge in [-0.2, -0.15) is 11.8 Å². The molecular weight excluding hydrogens is 290 g/mol. The first kappa shape index (κ1) is 16.4. The SMILES string of the molecule is CSCC[C@H](NC(=O)N1CCCN2CCCC2C1)C(=O)O. The Kier molecular flexibility index (Phi) is 6.17. The fourth-order valence-corrected chi connectivity index (χ4v) is 3.60. The predicted octanol–water partition coefficient (Wildman–Crippen LogP) is 1.07. The lowest BCUT2D eigenvalue weighted by molar-refractivity contribution is -0.139. The van der Waals surface area contributed by atoms with Gasteiger partial charge in [0.05, 0.1) is 0 Å². The summed E-state index contributed by atoms with van der Waals surface area (Å²) in [5, 5.41) is 11.9. The van der Waals surface area contributed by atoms with Gasteiger partial charge in [0, 0.05) is 25.7 Å². The molecule has 0 bridgehead atoms. The van der Waals surface area contributed by atoms with Crippen molar-refractivity contribution in [2.45, 2.75) is 37.8 Å². The number of thioether (sulfide) groups is 1. The smallest absolute Gasteiger partial charge is 0.326 e. The first-order valence-corrected chi connectivity index (χ1v) is 9.02. The Bertz CT molecular complexity index is 380. The van der Waals surface area contributed by atoms with Gasteiger partial charge in [-0.25, -0.2) is 9.59 Å². The average Bonchev–Trinajstić information content (AvgIpc) is 2.79. The van der Waals surface area contributed by atoms with E-state index in [1.165, 1.54) is 6.42 Å². The number of aliphatic carboxylic acids is 1. The Labute approximate surface area is 130 Å². The lowest BCUT2D eigenvalue weighted by atomic mass is 10.2. The third kappa shape index (κ3) is 4.51. The number of amides is 2. The van der Waals surface area contributed by atoms with Crippen LogP contribution in [0.3, 0.4) is 0 Å². The maximum absolute atomic E-state index is 12.3. The fraction of sp³-hybridized carbons (Fsp3) is 0.857. The van der Waals surface area contributed by atoms with Gasteiger partial charge in [-0.15, -0.1) is 0 Å². The molecule has 0 spiro atoms. The minimum Gasteiger partial charge on any atom is -0.480 e. The standard InChI is InChI=1S/C14H25N3O3S/c1-21-9-5-12(13(18)19)15-14(20)17-8-3-7-16-6-2-4-11(16)10-17/h11-12H,2-10H2,1H3,(H,15,20)(H,18,19)/t11?,12-/m0/s1. The quantitative estimate of drug-likeness (QED) is 0.794. The van der Waals surface area contributed by atoms with E-state index < -0.39 is 12.0 Å². The molecule has 2 fully saturated rings. The molecule has 2 rings (SSSR count). The number of nitrogens with zero attached hydrogens (tertiary/aromatic N) is 2. The molecule has 1 unspecified atom stereocenters. The number of hydrogen-bond donors (Lipinski definition) is 2. The van der Waals surface area contributed by atoms with Gasteiger partial charge in [0.2, 0.25) is 0 Å². The van der Waals surface area contributed by atoms with Crippen LogP contribution in [0, 0.1) is 0 Å². The molecule has 2 saturated heterocycles. The Morgan fingerprint density at radius 2 is 2.10 bits per heavy atom. The van der Waals surface area contributed by atoms with Crippen LogP contribution in [0.25, 0.3) is 0 Å². The Hall–Kier alpha value is -0.950. The van der Waals surface area contributed by atoms with Crippen molar-refractivity contribution in [3.05, 3.63) is 0 Å². The van der Waals surface area contributed by atoms with E-state index >= 15 is 0 Å². The highest BCUT2D eigenvalue weighted by Crippen LogP contribution is 2.21. The summed E-state index contributed by atoms with van der Waals surface area (Å²) in [6.45, 7) is 3.61. The minimum atomic E-state index is -0.949. The summed E-state index contributed by atoms with van der Waals surface area (Å²) in [5.74, 6) is -0.220. The lowest BCUT2D eigenvalue weighted by Crippen LogP contribution is -2.50. The van der Waals surface area contributed by atoms with E-state index in [-0.39, 0.29) is 6.03 Å². The number of carboxylic acid groups (broad SMARTS) is 1. The minimum absolute atomic E-state index is 0.225. The molecule has 0 radical (unpaired) electrons. The zero-order valence-corrected chi connectivity index (χ0v) is 13.4. The van der Waals surface area contributed by atoms with Crippen LogP contribution in [0.2, 0.25) is 0 Å². The number of carbonyl (C=O) groups excluding carboxylic acids is 1. The van der Waals surface area contributed by atoms with Gasteiger partial charge in [0.15, 0.2) is 0 Å². The Morgan fingerprint density at radius 1 is 1.33 bits per heavy atom. The van der Waals surface area contributed by atoms with Gasteiger partial charge in [-0.1, -0.05) is 0 Å². The molecule has 2 aliphatic heterocycles. The number of nitrogens with one attached hydrogen (secondary N) is 1. The molecule has 21 heavy (non-hydrogen) atoms. The highest BCUT2D eigenvalue weighted by atomic mass is 32.2. The number of carboxylic acids is 1. The molecule has 2 heterocycles. The first-order chi connectivity index (χ1) is 10.1. The number of rotatable bonds is 5. The monoisotopic (exact) mass is 315 g/mol. The number of carbonyl (C=O) groups is 2. The van der Waals surface area contributed by atoms with Crippen molar-refractivity contribution >= 4 is 23.8 Å². The van der Waals surface area contributed by atoms with Crippen LogP contribution in [0.1, 0.15) is 25.7 Å². The van der Waals surface area contributed by atoms with E-state index in [1.807, 2.05) is 6.26 Å². The first-order valence-electron chi connectivity index (χ1n) is 7.63. The van der Waals surface area contributed by atoms with E-state index in [2.05, 4.69) is 10.2 Å². The molecule has 0 aliphatic carbocycles. The average molecular weight is 315 g/mol. The molecule has 2 aliphatic rings. The molecule has 6 nitrogen and oxygen atoms in total. The highest BCUT2D eigenvalue weighted by molar-refractivity contribution is 7.98. The molecule has 120 valence electrons. The van der Waals surface area contributed by atoms with Crippen molar-refractivity contribution in [1.29, 1.82) is 0 Å². The summed E-state index contributed by atoms with van der Waals surface area (Å²) in [6.07, 6.45) is 5.70. The molecule has 7 heteroatoms. The summed E-state index contributed by atoms with van der Waals surface area (Å²) in [6, 6.07) is -0.558. The summed E-state index contributed by atoms with van der Waals surface area (Å²) in [7, 11) is 0. The fourth-order valence-electron chi connectivity index (χ4n) is 3.12. The van der Waals surface area contributed by atoms with Crippen molar-refractivity contribution in [2.75, 3.05) is 38.2 Å². The Balaban J connectivity index is 1.90. The van der Waals surface area contributed by atoms with Crippen LogP contribution >= 0.6 is 11.8 Å². The van der Waals surface area contributed by atoms with Crippen LogP contribution in [0.4, 0.5) is 4.79 Å². The van der Waals surface area contributed by atoms with Crippen molar-refractivity contribution in [1.82, 2.24) is 15.1 Å². The van der Waals surface area contributed by atoms with Gasteiger partial charge in [0.1, 0.15) is 6.04 Å². The zero-order valence-electron chi connectivity index (χ0n) is 12.6. The molecule has 2 N–H and O–H groups in total. The normalized spacial score (nSPS) is 24.2. The largest absolute Gasteiger partial charge is 0.480 e. The van der Waals surface area contributed by atoms with Crippen LogP contribution < -0.4 is 5.32 Å². The second-order valence-corrected chi connectivity index (χ2v) is 6.74. The van der Waals surface area contributed by atoms with Crippen molar-refractivity contribution < 1.29 is 14.7 Å². The maximum Gasteiger partial charge on any atom is 0.326 e. The molecule has 0 saturated carbocycles. The second kappa shape index (κ2) is 7.89. The van der Waals surface area contributed by atoms with Gasteiger partial charge < -0.3 is 15.3 Å². The Morgan fingerprint density at radius 3 is 2.81 bits per heavy atom. The zero-order chi connectivity index (χ0) is 15.2. The number of urea groups is 1. The number of hydrogen-bond acceptors (Lipinski definition) is 4. The molecule has 2 atom stereocenters. The van der Waals surface area contributed by atoms with Crippen LogP contribution in [-0.2, 0) is 4.79 Å². The topological polar surface area (TPSA) is 72.9 Å². The molecular formula is C14H25N3O3S. The third-order valence-corrected chi connectivity index (χ3v) is 4.94. The summed E-state index contributed by atoms with van der Waals surface area (Å²) in [5.41, 5.74) is 0. The molecule has 0 aromatic carbocycles. The van der Waals surface area contributed by atoms with Gasteiger partial charge in [0.25, 0.3) is 0 Å². The van der Waals surface area contributed by atoms with Crippen LogP contribution in [0.5, 0.6) is 0 Å². The van der Waals surface area contributed by atoms with Crippen molar-refractivity contribution in [3.8, 4) is 0 Å².